The molecule has 1 aromatic rings. The van der Waals surface area contributed by atoms with Gasteiger partial charge in [-0.05, 0) is 39.2 Å². The predicted octanol–water partition coefficient (Wildman–Crippen LogP) is 5.15. The molecule has 0 bridgehead atoms. The summed E-state index contributed by atoms with van der Waals surface area (Å²) < 4.78 is 16.0. The predicted molar refractivity (Wildman–Crippen MR) is 122 cm³/mol. The Kier molecular flexibility index (Phi) is 10.0. The van der Waals surface area contributed by atoms with Gasteiger partial charge in [0.1, 0.15) is 11.4 Å². The van der Waals surface area contributed by atoms with Crippen LogP contribution in [0.2, 0.25) is 0 Å². The first kappa shape index (κ1) is 25.7. The number of hydrogen-bond donors (Lipinski definition) is 1. The van der Waals surface area contributed by atoms with Crippen molar-refractivity contribution in [3.63, 3.8) is 0 Å². The third kappa shape index (κ3) is 8.54. The summed E-state index contributed by atoms with van der Waals surface area (Å²) in [5.74, 6) is -0.624. The lowest BCUT2D eigenvalue weighted by Gasteiger charge is -2.37. The van der Waals surface area contributed by atoms with Crippen LogP contribution >= 0.6 is 0 Å². The first-order valence-corrected chi connectivity index (χ1v) is 11.3. The number of rotatable bonds is 10. The molecular formula is C25H37NO6. The minimum Gasteiger partial charge on any atom is -0.512 e. The van der Waals surface area contributed by atoms with Crippen LogP contribution in [0.25, 0.3) is 0 Å². The summed E-state index contributed by atoms with van der Waals surface area (Å²) in [4.78, 5) is 26.3. The average molecular weight is 448 g/mol. The number of benzene rings is 1. The molecule has 0 fully saturated rings. The number of carbonyl (C=O) groups is 2. The molecule has 7 nitrogen and oxygen atoms in total. The van der Waals surface area contributed by atoms with E-state index in [0.717, 1.165) is 32.1 Å². The second kappa shape index (κ2) is 12.5. The van der Waals surface area contributed by atoms with Crippen LogP contribution in [0.4, 0.5) is 4.79 Å². The molecule has 1 aliphatic heterocycles. The topological polar surface area (TPSA) is 85.3 Å². The number of amides is 1. The van der Waals surface area contributed by atoms with Gasteiger partial charge in [0.15, 0.2) is 0 Å². The molecule has 1 amide bonds. The van der Waals surface area contributed by atoms with Crippen LogP contribution in [0.15, 0.2) is 41.7 Å². The van der Waals surface area contributed by atoms with Gasteiger partial charge in [-0.3, -0.25) is 0 Å². The number of ether oxygens (including phenoxy) is 3. The van der Waals surface area contributed by atoms with E-state index in [1.807, 2.05) is 18.2 Å². The monoisotopic (exact) mass is 447 g/mol. The zero-order chi connectivity index (χ0) is 23.6. The summed E-state index contributed by atoms with van der Waals surface area (Å²) in [6, 6.07) is 9.89. The van der Waals surface area contributed by atoms with Crippen molar-refractivity contribution in [2.45, 2.75) is 77.5 Å². The maximum Gasteiger partial charge on any atom is 0.410 e. The van der Waals surface area contributed by atoms with Crippen molar-refractivity contribution in [2.24, 2.45) is 0 Å². The van der Waals surface area contributed by atoms with Crippen molar-refractivity contribution in [1.82, 2.24) is 4.90 Å². The van der Waals surface area contributed by atoms with E-state index in [4.69, 9.17) is 14.2 Å². The number of carbonyl (C=O) groups excluding carboxylic acids is 2. The van der Waals surface area contributed by atoms with E-state index < -0.39 is 17.7 Å². The Morgan fingerprint density at radius 3 is 2.44 bits per heavy atom. The lowest BCUT2D eigenvalue weighted by molar-refractivity contribution is -0.136. The molecule has 32 heavy (non-hydrogen) atoms. The molecule has 2 rings (SSSR count). The van der Waals surface area contributed by atoms with Gasteiger partial charge in [0.2, 0.25) is 0 Å². The Labute approximate surface area is 191 Å². The zero-order valence-corrected chi connectivity index (χ0v) is 19.8. The Hall–Kier alpha value is -2.54. The minimum atomic E-state index is -0.643. The number of aliphatic hydroxyl groups excluding tert-OH is 1. The van der Waals surface area contributed by atoms with Gasteiger partial charge in [0, 0.05) is 19.1 Å². The molecule has 0 saturated heterocycles. The Bertz CT molecular complexity index is 768. The maximum atomic E-state index is 12.7. The number of nitrogens with zero attached hydrogens (tertiary/aromatic N) is 1. The van der Waals surface area contributed by atoms with E-state index in [-0.39, 0.29) is 30.3 Å². The van der Waals surface area contributed by atoms with Gasteiger partial charge in [-0.25, -0.2) is 9.59 Å². The van der Waals surface area contributed by atoms with Crippen molar-refractivity contribution >= 4 is 12.1 Å². The number of aliphatic hydroxyl groups is 1. The van der Waals surface area contributed by atoms with E-state index in [0.29, 0.717) is 13.2 Å². The zero-order valence-electron chi connectivity index (χ0n) is 19.8. The van der Waals surface area contributed by atoms with Crippen LogP contribution in [0.3, 0.4) is 0 Å². The van der Waals surface area contributed by atoms with E-state index in [9.17, 15) is 14.7 Å². The fraction of sp³-hybridized carbons (Fsp3) is 0.600. The van der Waals surface area contributed by atoms with E-state index in [1.165, 1.54) is 12.7 Å². The van der Waals surface area contributed by atoms with E-state index >= 15 is 0 Å². The van der Waals surface area contributed by atoms with Gasteiger partial charge in [-0.15, -0.1) is 0 Å². The molecular weight excluding hydrogens is 410 g/mol. The average Bonchev–Trinajstić information content (AvgIpc) is 2.74. The molecule has 178 valence electrons. The van der Waals surface area contributed by atoms with E-state index in [1.54, 1.807) is 25.7 Å². The molecule has 1 atom stereocenters. The number of unbranched alkanes of at least 4 members (excludes halogenated alkanes) is 3. The maximum absolute atomic E-state index is 12.7. The number of hydrogen-bond acceptors (Lipinski definition) is 6. The van der Waals surface area contributed by atoms with Crippen LogP contribution in [0.5, 0.6) is 0 Å². The highest BCUT2D eigenvalue weighted by atomic mass is 16.6. The van der Waals surface area contributed by atoms with Gasteiger partial charge in [0.25, 0.3) is 0 Å². The first-order valence-electron chi connectivity index (χ1n) is 11.3. The molecule has 7 heteroatoms. The first-order chi connectivity index (χ1) is 15.2. The lowest BCUT2D eigenvalue weighted by atomic mass is 9.96. The van der Waals surface area contributed by atoms with Crippen molar-refractivity contribution < 1.29 is 28.9 Å². The molecule has 0 aliphatic carbocycles. The third-order valence-electron chi connectivity index (χ3n) is 5.29. The number of methoxy groups -OCH3 is 1. The fourth-order valence-corrected chi connectivity index (χ4v) is 3.65. The van der Waals surface area contributed by atoms with Crippen LogP contribution in [0, 0.1) is 0 Å². The smallest absolute Gasteiger partial charge is 0.410 e. The molecule has 1 aromatic carbocycles. The molecule has 0 spiro atoms. The summed E-state index contributed by atoms with van der Waals surface area (Å²) in [6.45, 7) is 6.75. The van der Waals surface area contributed by atoms with Crippen LogP contribution in [0.1, 0.15) is 64.9 Å². The second-order valence-electron chi connectivity index (χ2n) is 9.12. The van der Waals surface area contributed by atoms with Gasteiger partial charge in [0.05, 0.1) is 25.8 Å². The van der Waals surface area contributed by atoms with Crippen LogP contribution in [-0.2, 0) is 25.6 Å². The standard InChI is InChI=1S/C25H37NO6/c1-25(2,3)32-24(29)26-17-21(23(28)30-4)22(27)16-20(26)14-10-5-6-11-15-31-18-19-12-8-7-9-13-19/h7-9,12-13,20,27H,5-6,10-11,14-18H2,1-4H3/t20-/m1/s1. The molecule has 1 aliphatic rings. The van der Waals surface area contributed by atoms with Gasteiger partial charge < -0.3 is 24.2 Å². The normalized spacial score (nSPS) is 16.8. The molecule has 1 N–H and O–H groups in total. The summed E-state index contributed by atoms with van der Waals surface area (Å²) >= 11 is 0. The Morgan fingerprint density at radius 1 is 1.09 bits per heavy atom. The fourth-order valence-electron chi connectivity index (χ4n) is 3.65. The Morgan fingerprint density at radius 2 is 1.78 bits per heavy atom. The summed E-state index contributed by atoms with van der Waals surface area (Å²) in [6.07, 6.45) is 4.39. The summed E-state index contributed by atoms with van der Waals surface area (Å²) in [7, 11) is 1.26. The minimum absolute atomic E-state index is 0.00373. The van der Waals surface area contributed by atoms with Crippen LogP contribution < -0.4 is 0 Å². The molecule has 0 saturated carbocycles. The van der Waals surface area contributed by atoms with Crippen molar-refractivity contribution in [3.05, 3.63) is 47.2 Å². The summed E-state index contributed by atoms with van der Waals surface area (Å²) in [5.41, 5.74) is 0.645. The molecule has 0 unspecified atom stereocenters. The quantitative estimate of drug-likeness (QED) is 0.394. The van der Waals surface area contributed by atoms with Gasteiger partial charge in [-0.2, -0.15) is 0 Å². The lowest BCUT2D eigenvalue weighted by Crippen LogP contribution is -2.48. The van der Waals surface area contributed by atoms with Crippen molar-refractivity contribution in [3.8, 4) is 0 Å². The molecule has 0 radical (unpaired) electrons. The highest BCUT2D eigenvalue weighted by molar-refractivity contribution is 5.90. The molecule has 0 aromatic heterocycles. The second-order valence-corrected chi connectivity index (χ2v) is 9.12. The Balaban J connectivity index is 1.79. The summed E-state index contributed by atoms with van der Waals surface area (Å²) in [5, 5.41) is 10.4. The number of esters is 1. The largest absolute Gasteiger partial charge is 0.512 e. The van der Waals surface area contributed by atoms with Gasteiger partial charge in [-0.1, -0.05) is 49.6 Å². The van der Waals surface area contributed by atoms with Gasteiger partial charge >= 0.3 is 12.1 Å². The van der Waals surface area contributed by atoms with Crippen LogP contribution in [-0.4, -0.2) is 54.0 Å². The third-order valence-corrected chi connectivity index (χ3v) is 5.29. The van der Waals surface area contributed by atoms with Crippen molar-refractivity contribution in [2.75, 3.05) is 20.3 Å². The van der Waals surface area contributed by atoms with E-state index in [2.05, 4.69) is 12.1 Å². The molecule has 1 heterocycles. The highest BCUT2D eigenvalue weighted by Crippen LogP contribution is 2.28. The SMILES string of the molecule is COC(=O)C1=C(O)C[C@@H](CCCCCCOCc2ccccc2)N(C(=O)OC(C)(C)C)C1. The highest BCUT2D eigenvalue weighted by Gasteiger charge is 2.36. The van der Waals surface area contributed by atoms with Crippen molar-refractivity contribution in [1.29, 1.82) is 0 Å².